The lowest BCUT2D eigenvalue weighted by Gasteiger charge is -2.05. The van der Waals surface area contributed by atoms with Crippen LogP contribution in [0.4, 0.5) is 5.69 Å². The van der Waals surface area contributed by atoms with Gasteiger partial charge in [-0.3, -0.25) is 14.9 Å². The van der Waals surface area contributed by atoms with E-state index in [0.717, 1.165) is 5.56 Å². The third kappa shape index (κ3) is 4.47. The fourth-order valence-electron chi connectivity index (χ4n) is 3.01. The molecule has 1 amide bonds. The van der Waals surface area contributed by atoms with Crippen LogP contribution < -0.4 is 19.6 Å². The summed E-state index contributed by atoms with van der Waals surface area (Å²) in [6.45, 7) is 0.169. The first-order chi connectivity index (χ1) is 15.0. The van der Waals surface area contributed by atoms with Crippen molar-refractivity contribution < 1.29 is 28.3 Å². The van der Waals surface area contributed by atoms with E-state index in [4.69, 9.17) is 18.6 Å². The maximum Gasteiger partial charge on any atom is 0.270 e. The molecule has 0 unspecified atom stereocenters. The molecule has 1 N–H and O–H groups in total. The molecule has 0 spiro atoms. The number of carbonyl (C=O) groups is 1. The largest absolute Gasteiger partial charge is 0.496 e. The molecule has 4 rings (SSSR count). The highest BCUT2D eigenvalue weighted by atomic mass is 16.7. The van der Waals surface area contributed by atoms with Gasteiger partial charge in [0, 0.05) is 12.1 Å². The van der Waals surface area contributed by atoms with Crippen LogP contribution >= 0.6 is 0 Å². The normalized spacial score (nSPS) is 12.2. The van der Waals surface area contributed by atoms with Crippen molar-refractivity contribution in [3.8, 4) is 28.6 Å². The molecular weight excluding hydrogens is 406 g/mol. The number of nitro groups is 1. The number of rotatable bonds is 7. The number of hydrogen-bond acceptors (Lipinski definition) is 8. The van der Waals surface area contributed by atoms with Crippen molar-refractivity contribution in [1.29, 1.82) is 0 Å². The first kappa shape index (κ1) is 20.0. The number of nitrogens with zero attached hydrogens (tertiary/aromatic N) is 2. The van der Waals surface area contributed by atoms with E-state index < -0.39 is 4.92 Å². The molecule has 1 aliphatic rings. The zero-order chi connectivity index (χ0) is 21.8. The molecule has 1 aliphatic heterocycles. The number of ether oxygens (including phenoxy) is 3. The van der Waals surface area contributed by atoms with Gasteiger partial charge in [0.15, 0.2) is 11.5 Å². The summed E-state index contributed by atoms with van der Waals surface area (Å²) < 4.78 is 21.4. The summed E-state index contributed by atoms with van der Waals surface area (Å²) in [7, 11) is 1.46. The molecule has 0 saturated carbocycles. The van der Waals surface area contributed by atoms with Gasteiger partial charge in [-0.05, 0) is 35.9 Å². The fourth-order valence-corrected chi connectivity index (χ4v) is 3.01. The molecule has 2 aromatic carbocycles. The van der Waals surface area contributed by atoms with Crippen LogP contribution in [0.2, 0.25) is 0 Å². The highest BCUT2D eigenvalue weighted by Gasteiger charge is 2.16. The van der Waals surface area contributed by atoms with E-state index in [2.05, 4.69) is 10.5 Å². The highest BCUT2D eigenvalue weighted by molar-refractivity contribution is 5.82. The maximum absolute atomic E-state index is 12.1. The average molecular weight is 423 g/mol. The Balaban J connectivity index is 1.40. The Bertz CT molecular complexity index is 1170. The third-order valence-corrected chi connectivity index (χ3v) is 4.47. The number of non-ortho nitro benzene ring substituents is 1. The Morgan fingerprint density at radius 2 is 2.03 bits per heavy atom. The number of hydrogen-bond donors (Lipinski definition) is 1. The lowest BCUT2D eigenvalue weighted by molar-refractivity contribution is -0.384. The topological polar surface area (TPSA) is 125 Å². The van der Waals surface area contributed by atoms with Crippen LogP contribution in [-0.4, -0.2) is 30.9 Å². The van der Waals surface area contributed by atoms with Crippen LogP contribution in [-0.2, 0) is 11.2 Å². The van der Waals surface area contributed by atoms with E-state index >= 15 is 0 Å². The molecule has 0 atom stereocenters. The number of hydrazone groups is 1. The monoisotopic (exact) mass is 423 g/mol. The van der Waals surface area contributed by atoms with Gasteiger partial charge in [0.05, 0.1) is 30.2 Å². The van der Waals surface area contributed by atoms with Gasteiger partial charge >= 0.3 is 0 Å². The Labute approximate surface area is 176 Å². The van der Waals surface area contributed by atoms with Crippen molar-refractivity contribution in [1.82, 2.24) is 5.43 Å². The number of methoxy groups -OCH3 is 1. The number of carbonyl (C=O) groups excluding carboxylic acids is 1. The number of nitrogens with one attached hydrogen (secondary N) is 1. The zero-order valence-electron chi connectivity index (χ0n) is 16.4. The van der Waals surface area contributed by atoms with Gasteiger partial charge in [-0.25, -0.2) is 5.43 Å². The van der Waals surface area contributed by atoms with E-state index in [1.807, 2.05) is 0 Å². The number of benzene rings is 2. The van der Waals surface area contributed by atoms with Crippen LogP contribution in [0.1, 0.15) is 11.3 Å². The molecule has 31 heavy (non-hydrogen) atoms. The first-order valence-electron chi connectivity index (χ1n) is 9.16. The Hall–Kier alpha value is -4.34. The van der Waals surface area contributed by atoms with Gasteiger partial charge < -0.3 is 18.6 Å². The summed E-state index contributed by atoms with van der Waals surface area (Å²) in [5, 5.41) is 14.9. The van der Waals surface area contributed by atoms with E-state index in [0.29, 0.717) is 34.3 Å². The molecule has 0 aliphatic carbocycles. The average Bonchev–Trinajstić information content (AvgIpc) is 3.42. The Morgan fingerprint density at radius 3 is 2.84 bits per heavy atom. The van der Waals surface area contributed by atoms with Crippen molar-refractivity contribution in [3.63, 3.8) is 0 Å². The van der Waals surface area contributed by atoms with Crippen molar-refractivity contribution in [2.24, 2.45) is 5.10 Å². The fraction of sp³-hybridized carbons (Fsp3) is 0.143. The summed E-state index contributed by atoms with van der Waals surface area (Å²) in [5.41, 5.74) is 3.54. The molecule has 0 radical (unpaired) electrons. The molecule has 1 aromatic heterocycles. The first-order valence-corrected chi connectivity index (χ1v) is 9.16. The van der Waals surface area contributed by atoms with Crippen molar-refractivity contribution in [2.75, 3.05) is 13.9 Å². The second-order valence-corrected chi connectivity index (χ2v) is 6.50. The molecule has 10 nitrogen and oxygen atoms in total. The summed E-state index contributed by atoms with van der Waals surface area (Å²) >= 11 is 0. The van der Waals surface area contributed by atoms with Crippen LogP contribution in [0.15, 0.2) is 58.0 Å². The minimum atomic E-state index is -0.496. The third-order valence-electron chi connectivity index (χ3n) is 4.47. The lowest BCUT2D eigenvalue weighted by atomic mass is 10.1. The standard InChI is InChI=1S/C21H17N3O7/c1-28-17-6-3-14(24(26)27)10-16(17)18-7-4-15(31-18)11-22-23-21(25)9-13-2-5-19-20(8-13)30-12-29-19/h2-8,10-11H,9,12H2,1H3,(H,23,25)/b22-11-. The van der Waals surface area contributed by atoms with Crippen LogP contribution in [0.5, 0.6) is 17.2 Å². The number of fused-ring (bicyclic) bond motifs is 1. The summed E-state index contributed by atoms with van der Waals surface area (Å²) in [6.07, 6.45) is 1.45. The van der Waals surface area contributed by atoms with E-state index in [-0.39, 0.29) is 24.8 Å². The van der Waals surface area contributed by atoms with E-state index in [1.54, 1.807) is 30.3 Å². The SMILES string of the molecule is COc1ccc([N+](=O)[O-])cc1-c1ccc(/C=N\NC(=O)Cc2ccc3c(c2)OCO3)o1. The predicted molar refractivity (Wildman–Crippen MR) is 109 cm³/mol. The van der Waals surface area contributed by atoms with Gasteiger partial charge in [0.1, 0.15) is 17.3 Å². The molecule has 0 saturated heterocycles. The van der Waals surface area contributed by atoms with Gasteiger partial charge in [0.25, 0.3) is 5.69 Å². The molecule has 0 bridgehead atoms. The molecular formula is C21H17N3O7. The van der Waals surface area contributed by atoms with Crippen molar-refractivity contribution >= 4 is 17.8 Å². The second-order valence-electron chi connectivity index (χ2n) is 6.50. The summed E-state index contributed by atoms with van der Waals surface area (Å²) in [4.78, 5) is 22.7. The summed E-state index contributed by atoms with van der Waals surface area (Å²) in [6, 6.07) is 12.8. The van der Waals surface area contributed by atoms with Crippen molar-refractivity contribution in [3.05, 3.63) is 70.0 Å². The molecule has 3 aromatic rings. The van der Waals surface area contributed by atoms with Crippen LogP contribution in [0, 0.1) is 10.1 Å². The van der Waals surface area contributed by atoms with Gasteiger partial charge in [-0.2, -0.15) is 5.10 Å². The lowest BCUT2D eigenvalue weighted by Crippen LogP contribution is -2.19. The van der Waals surface area contributed by atoms with Gasteiger partial charge in [0.2, 0.25) is 12.7 Å². The molecule has 158 valence electrons. The Kier molecular flexibility index (Phi) is 5.52. The second kappa shape index (κ2) is 8.57. The molecule has 0 fully saturated rings. The minimum Gasteiger partial charge on any atom is -0.496 e. The number of amides is 1. The number of furan rings is 1. The molecule has 2 heterocycles. The van der Waals surface area contributed by atoms with Crippen LogP contribution in [0.3, 0.4) is 0 Å². The minimum absolute atomic E-state index is 0.0850. The van der Waals surface area contributed by atoms with Crippen LogP contribution in [0.25, 0.3) is 11.3 Å². The van der Waals surface area contributed by atoms with E-state index in [9.17, 15) is 14.9 Å². The predicted octanol–water partition coefficient (Wildman–Crippen LogP) is 3.28. The Morgan fingerprint density at radius 1 is 1.19 bits per heavy atom. The summed E-state index contributed by atoms with van der Waals surface area (Å²) in [5.74, 6) is 2.09. The maximum atomic E-state index is 12.1. The zero-order valence-corrected chi connectivity index (χ0v) is 16.4. The van der Waals surface area contributed by atoms with E-state index in [1.165, 1.54) is 31.5 Å². The molecule has 10 heteroatoms. The quantitative estimate of drug-likeness (QED) is 0.351. The van der Waals surface area contributed by atoms with Gasteiger partial charge in [-0.1, -0.05) is 6.07 Å². The number of nitro benzene ring substituents is 1. The highest BCUT2D eigenvalue weighted by Crippen LogP contribution is 2.34. The van der Waals surface area contributed by atoms with Crippen molar-refractivity contribution in [2.45, 2.75) is 6.42 Å². The van der Waals surface area contributed by atoms with Gasteiger partial charge in [-0.15, -0.1) is 0 Å². The smallest absolute Gasteiger partial charge is 0.270 e.